The third-order valence-electron chi connectivity index (χ3n) is 3.02. The quantitative estimate of drug-likeness (QED) is 0.320. The molecule has 0 heterocycles. The number of para-hydroxylation sites is 1. The maximum Gasteiger partial charge on any atom is 0.271 e. The van der Waals surface area contributed by atoms with Crippen molar-refractivity contribution < 1.29 is 4.79 Å². The highest BCUT2D eigenvalue weighted by Gasteiger charge is 2.11. The zero-order valence-electron chi connectivity index (χ0n) is 15.8. The standard InChI is InChI=1S/C19H23N3O.C2H6/c1-5-7-11-16(10-6-2)14-21-22-19(23)15(3)17-12-8-9-13-18(17)20-4;1-2/h5-14,20H,3H2,1-2,4H3,(H,22,23);1-2H3/b7-5-,10-6-,16-11+,21-14+;. The molecule has 0 saturated carbocycles. The van der Waals surface area contributed by atoms with Crippen molar-refractivity contribution in [1.82, 2.24) is 5.43 Å². The average Bonchev–Trinajstić information content (AvgIpc) is 2.66. The summed E-state index contributed by atoms with van der Waals surface area (Å²) in [5, 5.41) is 7.03. The minimum Gasteiger partial charge on any atom is -0.388 e. The van der Waals surface area contributed by atoms with E-state index >= 15 is 0 Å². The number of hydrazone groups is 1. The van der Waals surface area contributed by atoms with E-state index in [4.69, 9.17) is 0 Å². The Morgan fingerprint density at radius 3 is 2.44 bits per heavy atom. The van der Waals surface area contributed by atoms with Gasteiger partial charge in [0.1, 0.15) is 0 Å². The Balaban J connectivity index is 0.00000277. The minimum absolute atomic E-state index is 0.338. The maximum absolute atomic E-state index is 12.2. The van der Waals surface area contributed by atoms with E-state index in [0.717, 1.165) is 16.8 Å². The van der Waals surface area contributed by atoms with Crippen molar-refractivity contribution in [2.75, 3.05) is 12.4 Å². The molecule has 1 rings (SSSR count). The van der Waals surface area contributed by atoms with Crippen molar-refractivity contribution in [1.29, 1.82) is 0 Å². The van der Waals surface area contributed by atoms with Gasteiger partial charge in [0, 0.05) is 23.9 Å². The van der Waals surface area contributed by atoms with Crippen LogP contribution in [0.4, 0.5) is 5.69 Å². The molecule has 0 radical (unpaired) electrons. The fourth-order valence-corrected chi connectivity index (χ4v) is 1.86. The summed E-state index contributed by atoms with van der Waals surface area (Å²) in [5.74, 6) is -0.338. The molecular weight excluding hydrogens is 310 g/mol. The molecule has 0 aliphatic heterocycles. The number of carbonyl (C=O) groups is 1. The predicted octanol–water partition coefficient (Wildman–Crippen LogP) is 4.95. The number of amides is 1. The Morgan fingerprint density at radius 1 is 1.16 bits per heavy atom. The van der Waals surface area contributed by atoms with E-state index in [9.17, 15) is 4.79 Å². The Hall–Kier alpha value is -2.88. The third-order valence-corrected chi connectivity index (χ3v) is 3.02. The molecular formula is C21H29N3O. The molecule has 0 aromatic heterocycles. The predicted molar refractivity (Wildman–Crippen MR) is 111 cm³/mol. The molecule has 1 amide bonds. The van der Waals surface area contributed by atoms with Crippen LogP contribution >= 0.6 is 0 Å². The van der Waals surface area contributed by atoms with Crippen LogP contribution in [0.5, 0.6) is 0 Å². The SMILES string of the molecule is C=C(C(=O)N/N=C/C(/C=C\C)=C/C=C\C)c1ccccc1NC.CC. The second kappa shape index (κ2) is 13.5. The van der Waals surface area contributed by atoms with Crippen LogP contribution in [0, 0.1) is 0 Å². The van der Waals surface area contributed by atoms with Crippen molar-refractivity contribution in [3.8, 4) is 0 Å². The van der Waals surface area contributed by atoms with Crippen LogP contribution in [-0.4, -0.2) is 19.2 Å². The number of benzene rings is 1. The molecule has 0 saturated heterocycles. The Kier molecular flexibility index (Phi) is 12.0. The van der Waals surface area contributed by atoms with Gasteiger partial charge in [0.25, 0.3) is 5.91 Å². The molecule has 1 aromatic carbocycles. The van der Waals surface area contributed by atoms with Gasteiger partial charge in [-0.15, -0.1) is 0 Å². The molecule has 0 aliphatic rings. The second-order valence-corrected chi connectivity index (χ2v) is 4.67. The fourth-order valence-electron chi connectivity index (χ4n) is 1.86. The van der Waals surface area contributed by atoms with Crippen LogP contribution in [0.15, 0.2) is 71.9 Å². The summed E-state index contributed by atoms with van der Waals surface area (Å²) in [7, 11) is 1.80. The summed E-state index contributed by atoms with van der Waals surface area (Å²) in [6.07, 6.45) is 11.1. The molecule has 25 heavy (non-hydrogen) atoms. The molecule has 0 spiro atoms. The summed E-state index contributed by atoms with van der Waals surface area (Å²) in [4.78, 5) is 12.2. The molecule has 4 nitrogen and oxygen atoms in total. The number of anilines is 1. The summed E-state index contributed by atoms with van der Waals surface area (Å²) < 4.78 is 0. The zero-order chi connectivity index (χ0) is 19.1. The van der Waals surface area contributed by atoms with Crippen molar-refractivity contribution in [2.24, 2.45) is 5.10 Å². The lowest BCUT2D eigenvalue weighted by atomic mass is 10.1. The number of hydrogen-bond acceptors (Lipinski definition) is 3. The van der Waals surface area contributed by atoms with E-state index < -0.39 is 0 Å². The Morgan fingerprint density at radius 2 is 1.84 bits per heavy atom. The van der Waals surface area contributed by atoms with Gasteiger partial charge in [-0.2, -0.15) is 5.10 Å². The third kappa shape index (κ3) is 7.97. The lowest BCUT2D eigenvalue weighted by Gasteiger charge is -2.10. The molecule has 2 N–H and O–H groups in total. The Bertz CT molecular complexity index is 667. The van der Waals surface area contributed by atoms with Crippen LogP contribution < -0.4 is 10.7 Å². The molecule has 134 valence electrons. The molecule has 0 unspecified atom stereocenters. The van der Waals surface area contributed by atoms with Crippen molar-refractivity contribution >= 4 is 23.4 Å². The first-order chi connectivity index (χ1) is 12.1. The second-order valence-electron chi connectivity index (χ2n) is 4.67. The van der Waals surface area contributed by atoms with Crippen LogP contribution in [0.2, 0.25) is 0 Å². The summed E-state index contributed by atoms with van der Waals surface area (Å²) in [6.45, 7) is 11.7. The van der Waals surface area contributed by atoms with E-state index in [1.54, 1.807) is 13.3 Å². The van der Waals surface area contributed by atoms with Gasteiger partial charge >= 0.3 is 0 Å². The number of allylic oxidation sites excluding steroid dienone is 6. The number of carbonyl (C=O) groups excluding carboxylic acids is 1. The smallest absolute Gasteiger partial charge is 0.271 e. The summed E-state index contributed by atoms with van der Waals surface area (Å²) >= 11 is 0. The number of rotatable bonds is 7. The van der Waals surface area contributed by atoms with Gasteiger partial charge in [0.05, 0.1) is 6.21 Å². The minimum atomic E-state index is -0.338. The van der Waals surface area contributed by atoms with Gasteiger partial charge in [0.15, 0.2) is 0 Å². The van der Waals surface area contributed by atoms with Gasteiger partial charge in [-0.3, -0.25) is 4.79 Å². The van der Waals surface area contributed by atoms with Crippen molar-refractivity contribution in [3.05, 3.63) is 72.4 Å². The van der Waals surface area contributed by atoms with Crippen LogP contribution in [0.3, 0.4) is 0 Å². The van der Waals surface area contributed by atoms with Crippen LogP contribution in [0.1, 0.15) is 33.3 Å². The first kappa shape index (κ1) is 22.1. The van der Waals surface area contributed by atoms with E-state index in [2.05, 4.69) is 22.4 Å². The van der Waals surface area contributed by atoms with E-state index in [0.29, 0.717) is 5.57 Å². The fraction of sp³-hybridized carbons (Fsp3) is 0.238. The normalized spacial score (nSPS) is 11.5. The average molecular weight is 339 g/mol. The van der Waals surface area contributed by atoms with E-state index in [-0.39, 0.29) is 5.91 Å². The molecule has 0 atom stereocenters. The molecule has 0 bridgehead atoms. The van der Waals surface area contributed by atoms with Gasteiger partial charge < -0.3 is 5.32 Å². The molecule has 0 fully saturated rings. The van der Waals surface area contributed by atoms with Gasteiger partial charge in [-0.25, -0.2) is 5.43 Å². The lowest BCUT2D eigenvalue weighted by Crippen LogP contribution is -2.19. The van der Waals surface area contributed by atoms with E-state index in [1.807, 2.05) is 82.3 Å². The highest BCUT2D eigenvalue weighted by Crippen LogP contribution is 2.21. The number of hydrogen-bond donors (Lipinski definition) is 2. The first-order valence-electron chi connectivity index (χ1n) is 8.39. The maximum atomic E-state index is 12.2. The zero-order valence-corrected chi connectivity index (χ0v) is 15.8. The van der Waals surface area contributed by atoms with E-state index in [1.165, 1.54) is 0 Å². The van der Waals surface area contributed by atoms with Gasteiger partial charge in [-0.1, -0.05) is 69.0 Å². The Labute approximate surface area is 151 Å². The van der Waals surface area contributed by atoms with Crippen molar-refractivity contribution in [3.63, 3.8) is 0 Å². The van der Waals surface area contributed by atoms with Crippen LogP contribution in [0.25, 0.3) is 5.57 Å². The van der Waals surface area contributed by atoms with Crippen LogP contribution in [-0.2, 0) is 4.79 Å². The lowest BCUT2D eigenvalue weighted by molar-refractivity contribution is -0.115. The number of nitrogens with zero attached hydrogens (tertiary/aromatic N) is 1. The topological polar surface area (TPSA) is 53.5 Å². The molecule has 4 heteroatoms. The first-order valence-corrected chi connectivity index (χ1v) is 8.39. The molecule has 1 aromatic rings. The summed E-state index contributed by atoms with van der Waals surface area (Å²) in [6, 6.07) is 7.49. The summed E-state index contributed by atoms with van der Waals surface area (Å²) in [5.41, 5.74) is 5.34. The van der Waals surface area contributed by atoms with Gasteiger partial charge in [-0.05, 0) is 25.5 Å². The highest BCUT2D eigenvalue weighted by atomic mass is 16.2. The van der Waals surface area contributed by atoms with Gasteiger partial charge in [0.2, 0.25) is 0 Å². The number of nitrogens with one attached hydrogen (secondary N) is 2. The molecule has 0 aliphatic carbocycles. The monoisotopic (exact) mass is 339 g/mol. The largest absolute Gasteiger partial charge is 0.388 e. The highest BCUT2D eigenvalue weighted by molar-refractivity contribution is 6.20. The van der Waals surface area contributed by atoms with Crippen molar-refractivity contribution in [2.45, 2.75) is 27.7 Å².